The SMILES string of the molecule is CC[C@H](C)NC(=O)[C@@H]1CC(=O)N(c2cccc(Cl)c2)C1. The molecule has 0 bridgehead atoms. The summed E-state index contributed by atoms with van der Waals surface area (Å²) in [5.74, 6) is -0.357. The molecule has 0 spiro atoms. The molecule has 2 rings (SSSR count). The Morgan fingerprint density at radius 2 is 2.30 bits per heavy atom. The standard InChI is InChI=1S/C15H19ClN2O2/c1-3-10(2)17-15(20)11-7-14(19)18(9-11)13-6-4-5-12(16)8-13/h4-6,8,10-11H,3,7,9H2,1-2H3,(H,17,20)/t10-,11+/m0/s1. The maximum atomic E-state index is 12.1. The Balaban J connectivity index is 2.05. The van der Waals surface area contributed by atoms with Crippen molar-refractivity contribution in [2.24, 2.45) is 5.92 Å². The molecule has 2 atom stereocenters. The Labute approximate surface area is 124 Å². The first-order valence-corrected chi connectivity index (χ1v) is 7.25. The van der Waals surface area contributed by atoms with Gasteiger partial charge in [0.1, 0.15) is 0 Å². The van der Waals surface area contributed by atoms with Crippen molar-refractivity contribution in [1.29, 1.82) is 0 Å². The lowest BCUT2D eigenvalue weighted by molar-refractivity contribution is -0.126. The molecule has 5 heteroatoms. The minimum absolute atomic E-state index is 0.0310. The highest BCUT2D eigenvalue weighted by Crippen LogP contribution is 2.27. The van der Waals surface area contributed by atoms with Crippen molar-refractivity contribution in [3.8, 4) is 0 Å². The first-order valence-electron chi connectivity index (χ1n) is 6.87. The van der Waals surface area contributed by atoms with Crippen LogP contribution in [-0.2, 0) is 9.59 Å². The van der Waals surface area contributed by atoms with Crippen molar-refractivity contribution in [1.82, 2.24) is 5.32 Å². The van der Waals surface area contributed by atoms with Crippen molar-refractivity contribution < 1.29 is 9.59 Å². The van der Waals surface area contributed by atoms with E-state index < -0.39 is 0 Å². The first kappa shape index (κ1) is 14.9. The Morgan fingerprint density at radius 1 is 1.55 bits per heavy atom. The molecule has 0 unspecified atom stereocenters. The van der Waals surface area contributed by atoms with E-state index >= 15 is 0 Å². The topological polar surface area (TPSA) is 49.4 Å². The molecule has 1 aromatic rings. The fourth-order valence-corrected chi connectivity index (χ4v) is 2.42. The minimum Gasteiger partial charge on any atom is -0.353 e. The van der Waals surface area contributed by atoms with Gasteiger partial charge in [0.2, 0.25) is 11.8 Å². The van der Waals surface area contributed by atoms with Crippen molar-refractivity contribution >= 4 is 29.1 Å². The maximum Gasteiger partial charge on any atom is 0.227 e. The number of anilines is 1. The Bertz CT molecular complexity index is 518. The molecular formula is C15H19ClN2O2. The summed E-state index contributed by atoms with van der Waals surface area (Å²) >= 11 is 5.94. The molecule has 0 aliphatic carbocycles. The van der Waals surface area contributed by atoms with Gasteiger partial charge < -0.3 is 10.2 Å². The number of amides is 2. The zero-order valence-electron chi connectivity index (χ0n) is 11.7. The Hall–Kier alpha value is -1.55. The van der Waals surface area contributed by atoms with Crippen LogP contribution in [0.2, 0.25) is 5.02 Å². The maximum absolute atomic E-state index is 12.1. The normalized spacial score (nSPS) is 20.1. The zero-order chi connectivity index (χ0) is 14.7. The van der Waals surface area contributed by atoms with Crippen LogP contribution in [0.3, 0.4) is 0 Å². The van der Waals surface area contributed by atoms with Gasteiger partial charge in [-0.15, -0.1) is 0 Å². The fourth-order valence-electron chi connectivity index (χ4n) is 2.24. The smallest absolute Gasteiger partial charge is 0.227 e. The summed E-state index contributed by atoms with van der Waals surface area (Å²) in [5, 5.41) is 3.52. The number of carbonyl (C=O) groups excluding carboxylic acids is 2. The lowest BCUT2D eigenvalue weighted by Crippen LogP contribution is -2.38. The second-order valence-corrected chi connectivity index (χ2v) is 5.64. The van der Waals surface area contributed by atoms with Crippen LogP contribution in [0.15, 0.2) is 24.3 Å². The van der Waals surface area contributed by atoms with E-state index in [-0.39, 0.29) is 30.2 Å². The molecule has 1 heterocycles. The summed E-state index contributed by atoms with van der Waals surface area (Å²) in [5.41, 5.74) is 0.751. The van der Waals surface area contributed by atoms with Crippen molar-refractivity contribution in [3.63, 3.8) is 0 Å². The quantitative estimate of drug-likeness (QED) is 0.928. The predicted molar refractivity (Wildman–Crippen MR) is 79.8 cm³/mol. The number of benzene rings is 1. The van der Waals surface area contributed by atoms with Gasteiger partial charge in [0.15, 0.2) is 0 Å². The van der Waals surface area contributed by atoms with E-state index in [2.05, 4.69) is 5.32 Å². The highest BCUT2D eigenvalue weighted by atomic mass is 35.5. The molecule has 108 valence electrons. The van der Waals surface area contributed by atoms with Crippen LogP contribution >= 0.6 is 11.6 Å². The molecule has 1 fully saturated rings. The molecule has 4 nitrogen and oxygen atoms in total. The molecule has 1 aromatic carbocycles. The average molecular weight is 295 g/mol. The molecule has 0 radical (unpaired) electrons. The Morgan fingerprint density at radius 3 is 2.95 bits per heavy atom. The summed E-state index contributed by atoms with van der Waals surface area (Å²) in [7, 11) is 0. The molecule has 0 aromatic heterocycles. The van der Waals surface area contributed by atoms with Crippen molar-refractivity contribution in [3.05, 3.63) is 29.3 Å². The van der Waals surface area contributed by atoms with E-state index in [0.717, 1.165) is 12.1 Å². The number of halogens is 1. The van der Waals surface area contributed by atoms with Crippen molar-refractivity contribution in [2.75, 3.05) is 11.4 Å². The van der Waals surface area contributed by atoms with Crippen LogP contribution in [0.1, 0.15) is 26.7 Å². The van der Waals surface area contributed by atoms with Crippen LogP contribution < -0.4 is 10.2 Å². The summed E-state index contributed by atoms with van der Waals surface area (Å²) in [6.07, 6.45) is 1.14. The number of carbonyl (C=O) groups is 2. The monoisotopic (exact) mass is 294 g/mol. The highest BCUT2D eigenvalue weighted by molar-refractivity contribution is 6.30. The van der Waals surface area contributed by atoms with E-state index in [9.17, 15) is 9.59 Å². The third-order valence-corrected chi connectivity index (χ3v) is 3.85. The predicted octanol–water partition coefficient (Wildman–Crippen LogP) is 2.61. The molecule has 2 amide bonds. The van der Waals surface area contributed by atoms with Crippen LogP contribution in [-0.4, -0.2) is 24.4 Å². The minimum atomic E-state index is -0.282. The average Bonchev–Trinajstić information content (AvgIpc) is 2.80. The van der Waals surface area contributed by atoms with Gasteiger partial charge in [0, 0.05) is 29.7 Å². The number of nitrogens with one attached hydrogen (secondary N) is 1. The molecule has 1 N–H and O–H groups in total. The summed E-state index contributed by atoms with van der Waals surface area (Å²) in [6, 6.07) is 7.28. The second kappa shape index (κ2) is 6.27. The van der Waals surface area contributed by atoms with Gasteiger partial charge in [-0.3, -0.25) is 9.59 Å². The second-order valence-electron chi connectivity index (χ2n) is 5.20. The van der Waals surface area contributed by atoms with E-state index in [1.54, 1.807) is 23.1 Å². The van der Waals surface area contributed by atoms with E-state index in [0.29, 0.717) is 11.6 Å². The van der Waals surface area contributed by atoms with Crippen LogP contribution in [0.25, 0.3) is 0 Å². The number of nitrogens with zero attached hydrogens (tertiary/aromatic N) is 1. The number of rotatable bonds is 4. The van der Waals surface area contributed by atoms with Gasteiger partial charge >= 0.3 is 0 Å². The van der Waals surface area contributed by atoms with Gasteiger partial charge in [-0.25, -0.2) is 0 Å². The van der Waals surface area contributed by atoms with E-state index in [1.807, 2.05) is 19.9 Å². The van der Waals surface area contributed by atoms with Crippen LogP contribution in [0.5, 0.6) is 0 Å². The van der Waals surface area contributed by atoms with Crippen LogP contribution in [0, 0.1) is 5.92 Å². The van der Waals surface area contributed by atoms with Gasteiger partial charge in [-0.2, -0.15) is 0 Å². The molecule has 1 saturated heterocycles. The zero-order valence-corrected chi connectivity index (χ0v) is 12.5. The molecule has 1 aliphatic rings. The van der Waals surface area contributed by atoms with Gasteiger partial charge in [-0.1, -0.05) is 24.6 Å². The van der Waals surface area contributed by atoms with E-state index in [1.165, 1.54) is 0 Å². The summed E-state index contributed by atoms with van der Waals surface area (Å²) in [6.45, 7) is 4.40. The van der Waals surface area contributed by atoms with Gasteiger partial charge in [0.25, 0.3) is 0 Å². The third-order valence-electron chi connectivity index (χ3n) is 3.62. The molecule has 20 heavy (non-hydrogen) atoms. The largest absolute Gasteiger partial charge is 0.353 e. The fraction of sp³-hybridized carbons (Fsp3) is 0.467. The number of hydrogen-bond acceptors (Lipinski definition) is 2. The Kier molecular flexibility index (Phi) is 4.65. The summed E-state index contributed by atoms with van der Waals surface area (Å²) in [4.78, 5) is 25.8. The molecule has 0 saturated carbocycles. The first-order chi connectivity index (χ1) is 9.51. The molecular weight excluding hydrogens is 276 g/mol. The van der Waals surface area contributed by atoms with Gasteiger partial charge in [-0.05, 0) is 31.5 Å². The highest BCUT2D eigenvalue weighted by Gasteiger charge is 2.35. The van der Waals surface area contributed by atoms with E-state index in [4.69, 9.17) is 11.6 Å². The van der Waals surface area contributed by atoms with Crippen LogP contribution in [0.4, 0.5) is 5.69 Å². The lowest BCUT2D eigenvalue weighted by Gasteiger charge is -2.18. The summed E-state index contributed by atoms with van der Waals surface area (Å²) < 4.78 is 0. The lowest BCUT2D eigenvalue weighted by atomic mass is 10.1. The number of hydrogen-bond donors (Lipinski definition) is 1. The van der Waals surface area contributed by atoms with Crippen molar-refractivity contribution in [2.45, 2.75) is 32.7 Å². The molecule has 1 aliphatic heterocycles. The van der Waals surface area contributed by atoms with Gasteiger partial charge in [0.05, 0.1) is 5.92 Å². The third kappa shape index (κ3) is 3.31.